The Morgan fingerprint density at radius 2 is 1.91 bits per heavy atom. The number of aliphatic hydroxyl groups excluding tert-OH is 1. The number of aromatic nitrogens is 1. The minimum atomic E-state index is -0.313. The van der Waals surface area contributed by atoms with Crippen LogP contribution in [0.3, 0.4) is 0 Å². The van der Waals surface area contributed by atoms with Gasteiger partial charge in [-0.3, -0.25) is 9.59 Å². The quantitative estimate of drug-likeness (QED) is 0.613. The van der Waals surface area contributed by atoms with E-state index in [9.17, 15) is 9.59 Å². The summed E-state index contributed by atoms with van der Waals surface area (Å²) < 4.78 is 0. The molecule has 2 amide bonds. The smallest absolute Gasteiger partial charge is 0.272 e. The first kappa shape index (κ1) is 16.1. The van der Waals surface area contributed by atoms with Crippen molar-refractivity contribution in [3.05, 3.63) is 52.8 Å². The van der Waals surface area contributed by atoms with Crippen LogP contribution in [0.25, 0.3) is 0 Å². The molecule has 0 unspecified atom stereocenters. The lowest BCUT2D eigenvalue weighted by molar-refractivity contribution is 0.0950. The second kappa shape index (κ2) is 7.63. The zero-order valence-corrected chi connectivity index (χ0v) is 12.5. The van der Waals surface area contributed by atoms with Crippen molar-refractivity contribution in [2.45, 2.75) is 6.42 Å². The second-order valence-electron chi connectivity index (χ2n) is 4.60. The van der Waals surface area contributed by atoms with Gasteiger partial charge in [0.2, 0.25) is 0 Å². The lowest BCUT2D eigenvalue weighted by Gasteiger charge is -2.06. The van der Waals surface area contributed by atoms with Gasteiger partial charge in [0.1, 0.15) is 5.69 Å². The molecular weight excluding hydrogens is 306 g/mol. The molecule has 2 rings (SSSR count). The summed E-state index contributed by atoms with van der Waals surface area (Å²) in [5, 5.41) is 14.5. The standard InChI is InChI=1S/C15H16ClN3O3/c16-11-8-13(18-9-11)15(22)19-12-4-2-10(3-5-12)14(21)17-6-1-7-20/h2-5,8-9,18,20H,1,6-7H2,(H,17,21)(H,19,22). The van der Waals surface area contributed by atoms with E-state index in [1.807, 2.05) is 0 Å². The Morgan fingerprint density at radius 1 is 1.18 bits per heavy atom. The molecule has 6 nitrogen and oxygen atoms in total. The van der Waals surface area contributed by atoms with E-state index in [1.165, 1.54) is 12.3 Å². The van der Waals surface area contributed by atoms with Gasteiger partial charge in [0.15, 0.2) is 0 Å². The number of hydrogen-bond acceptors (Lipinski definition) is 3. The zero-order chi connectivity index (χ0) is 15.9. The summed E-state index contributed by atoms with van der Waals surface area (Å²) in [6.07, 6.45) is 2.04. The molecular formula is C15H16ClN3O3. The normalized spacial score (nSPS) is 10.3. The molecule has 0 saturated heterocycles. The van der Waals surface area contributed by atoms with Gasteiger partial charge in [-0.2, -0.15) is 0 Å². The number of amides is 2. The number of halogens is 1. The topological polar surface area (TPSA) is 94.2 Å². The maximum Gasteiger partial charge on any atom is 0.272 e. The highest BCUT2D eigenvalue weighted by atomic mass is 35.5. The summed E-state index contributed by atoms with van der Waals surface area (Å²) in [5.74, 6) is -0.533. The van der Waals surface area contributed by atoms with Gasteiger partial charge in [-0.1, -0.05) is 11.6 Å². The molecule has 0 aliphatic rings. The largest absolute Gasteiger partial charge is 0.396 e. The number of H-pyrrole nitrogens is 1. The van der Waals surface area contributed by atoms with Crippen LogP contribution in [0.4, 0.5) is 5.69 Å². The second-order valence-corrected chi connectivity index (χ2v) is 5.03. The summed E-state index contributed by atoms with van der Waals surface area (Å²) >= 11 is 5.74. The molecule has 0 saturated carbocycles. The fourth-order valence-corrected chi connectivity index (χ4v) is 1.95. The van der Waals surface area contributed by atoms with Crippen molar-refractivity contribution >= 4 is 29.1 Å². The van der Waals surface area contributed by atoms with E-state index in [4.69, 9.17) is 16.7 Å². The molecule has 1 heterocycles. The van der Waals surface area contributed by atoms with Crippen LogP contribution < -0.4 is 10.6 Å². The molecule has 2 aromatic rings. The van der Waals surface area contributed by atoms with Crippen LogP contribution in [0, 0.1) is 0 Å². The molecule has 0 atom stereocenters. The third-order valence-corrected chi connectivity index (χ3v) is 3.14. The number of nitrogens with one attached hydrogen (secondary N) is 3. The molecule has 0 spiro atoms. The van der Waals surface area contributed by atoms with Gasteiger partial charge in [-0.15, -0.1) is 0 Å². The molecule has 7 heteroatoms. The van der Waals surface area contributed by atoms with Gasteiger partial charge in [-0.25, -0.2) is 0 Å². The predicted octanol–water partition coefficient (Wildman–Crippen LogP) is 2.03. The minimum Gasteiger partial charge on any atom is -0.396 e. The maximum atomic E-state index is 11.9. The first-order valence-electron chi connectivity index (χ1n) is 6.74. The van der Waals surface area contributed by atoms with Crippen molar-refractivity contribution in [2.75, 3.05) is 18.5 Å². The van der Waals surface area contributed by atoms with Crippen LogP contribution in [0.1, 0.15) is 27.3 Å². The molecule has 22 heavy (non-hydrogen) atoms. The number of aromatic amines is 1. The SMILES string of the molecule is O=C(NCCCO)c1ccc(NC(=O)c2cc(Cl)c[nH]2)cc1. The molecule has 1 aromatic heterocycles. The van der Waals surface area contributed by atoms with Crippen molar-refractivity contribution in [1.29, 1.82) is 0 Å². The number of carbonyl (C=O) groups is 2. The zero-order valence-electron chi connectivity index (χ0n) is 11.7. The lowest BCUT2D eigenvalue weighted by atomic mass is 10.2. The Bertz CT molecular complexity index is 652. The first-order valence-corrected chi connectivity index (χ1v) is 7.12. The van der Waals surface area contributed by atoms with E-state index < -0.39 is 0 Å². The molecule has 4 N–H and O–H groups in total. The lowest BCUT2D eigenvalue weighted by Crippen LogP contribution is -2.25. The molecule has 0 aliphatic carbocycles. The average molecular weight is 322 g/mol. The van der Waals surface area contributed by atoms with Crippen LogP contribution in [-0.4, -0.2) is 35.1 Å². The molecule has 116 valence electrons. The van der Waals surface area contributed by atoms with E-state index in [-0.39, 0.29) is 18.4 Å². The number of aliphatic hydroxyl groups is 1. The van der Waals surface area contributed by atoms with Crippen LogP contribution in [0.15, 0.2) is 36.5 Å². The third-order valence-electron chi connectivity index (χ3n) is 2.92. The number of hydrogen-bond donors (Lipinski definition) is 4. The highest BCUT2D eigenvalue weighted by Crippen LogP contribution is 2.13. The fraction of sp³-hybridized carbons (Fsp3) is 0.200. The Labute approximate surface area is 132 Å². The van der Waals surface area contributed by atoms with Gasteiger partial charge >= 0.3 is 0 Å². The van der Waals surface area contributed by atoms with Gasteiger partial charge in [0.25, 0.3) is 11.8 Å². The van der Waals surface area contributed by atoms with Crippen molar-refractivity contribution < 1.29 is 14.7 Å². The summed E-state index contributed by atoms with van der Waals surface area (Å²) in [7, 11) is 0. The Balaban J connectivity index is 1.94. The number of rotatable bonds is 6. The summed E-state index contributed by atoms with van der Waals surface area (Å²) in [6.45, 7) is 0.454. The molecule has 0 radical (unpaired) electrons. The number of anilines is 1. The van der Waals surface area contributed by atoms with Crippen LogP contribution >= 0.6 is 11.6 Å². The van der Waals surface area contributed by atoms with E-state index >= 15 is 0 Å². The summed E-state index contributed by atoms with van der Waals surface area (Å²) in [6, 6.07) is 8.05. The van der Waals surface area contributed by atoms with Gasteiger partial charge < -0.3 is 20.7 Å². The third kappa shape index (κ3) is 4.34. The Hall–Kier alpha value is -2.31. The monoisotopic (exact) mass is 321 g/mol. The maximum absolute atomic E-state index is 11.9. The molecule has 1 aromatic carbocycles. The number of benzene rings is 1. The van der Waals surface area contributed by atoms with Crippen LogP contribution in [-0.2, 0) is 0 Å². The van der Waals surface area contributed by atoms with Gasteiger partial charge in [-0.05, 0) is 36.8 Å². The molecule has 0 bridgehead atoms. The van der Waals surface area contributed by atoms with Crippen molar-refractivity contribution in [3.63, 3.8) is 0 Å². The predicted molar refractivity (Wildman–Crippen MR) is 84.2 cm³/mol. The summed E-state index contributed by atoms with van der Waals surface area (Å²) in [4.78, 5) is 26.4. The minimum absolute atomic E-state index is 0.0357. The van der Waals surface area contributed by atoms with Gasteiger partial charge in [0, 0.05) is 30.6 Å². The van der Waals surface area contributed by atoms with Crippen molar-refractivity contribution in [1.82, 2.24) is 10.3 Å². The molecule has 0 fully saturated rings. The fourth-order valence-electron chi connectivity index (χ4n) is 1.79. The Kier molecular flexibility index (Phi) is 5.57. The number of carbonyl (C=O) groups excluding carboxylic acids is 2. The van der Waals surface area contributed by atoms with Crippen LogP contribution in [0.2, 0.25) is 5.02 Å². The van der Waals surface area contributed by atoms with E-state index in [2.05, 4.69) is 15.6 Å². The van der Waals surface area contributed by atoms with Crippen LogP contribution in [0.5, 0.6) is 0 Å². The highest BCUT2D eigenvalue weighted by Gasteiger charge is 2.09. The van der Waals surface area contributed by atoms with Crippen molar-refractivity contribution in [2.24, 2.45) is 0 Å². The van der Waals surface area contributed by atoms with E-state index in [0.29, 0.717) is 34.9 Å². The first-order chi connectivity index (χ1) is 10.6. The van der Waals surface area contributed by atoms with Crippen molar-refractivity contribution in [3.8, 4) is 0 Å². The van der Waals surface area contributed by atoms with E-state index in [1.54, 1.807) is 24.3 Å². The van der Waals surface area contributed by atoms with Gasteiger partial charge in [0.05, 0.1) is 5.02 Å². The van der Waals surface area contributed by atoms with E-state index in [0.717, 1.165) is 0 Å². The summed E-state index contributed by atoms with van der Waals surface area (Å²) in [5.41, 5.74) is 1.41. The highest BCUT2D eigenvalue weighted by molar-refractivity contribution is 6.31. The average Bonchev–Trinajstić information content (AvgIpc) is 2.95. The Morgan fingerprint density at radius 3 is 2.50 bits per heavy atom. The molecule has 0 aliphatic heterocycles.